The van der Waals surface area contributed by atoms with Crippen LogP contribution in [0.2, 0.25) is 0 Å². The van der Waals surface area contributed by atoms with Gasteiger partial charge in [-0.05, 0) is 97.1 Å². The van der Waals surface area contributed by atoms with Crippen LogP contribution in [0.5, 0.6) is 23.0 Å². The van der Waals surface area contributed by atoms with Gasteiger partial charge in [0.25, 0.3) is 0 Å². The van der Waals surface area contributed by atoms with Crippen LogP contribution in [0.15, 0.2) is 116 Å². The molecule has 12 heteroatoms. The first-order valence-corrected chi connectivity index (χ1v) is 17.0. The highest BCUT2D eigenvalue weighted by Gasteiger charge is 2.17. The van der Waals surface area contributed by atoms with Crippen molar-refractivity contribution in [3.05, 3.63) is 133 Å². The van der Waals surface area contributed by atoms with Crippen LogP contribution in [-0.4, -0.2) is 63.4 Å². The zero-order valence-corrected chi connectivity index (χ0v) is 29.8. The van der Waals surface area contributed by atoms with E-state index in [1.807, 2.05) is 0 Å². The zero-order chi connectivity index (χ0) is 38.7. The Morgan fingerprint density at radius 1 is 0.500 bits per heavy atom. The highest BCUT2D eigenvalue weighted by Crippen LogP contribution is 2.30. The van der Waals surface area contributed by atoms with Crippen molar-refractivity contribution >= 4 is 29.8 Å². The van der Waals surface area contributed by atoms with Gasteiger partial charge in [0.1, 0.15) is 11.5 Å². The van der Waals surface area contributed by atoms with E-state index in [9.17, 15) is 24.0 Å². The van der Waals surface area contributed by atoms with Crippen LogP contribution in [-0.2, 0) is 23.8 Å². The van der Waals surface area contributed by atoms with Gasteiger partial charge in [-0.1, -0.05) is 37.4 Å². The lowest BCUT2D eigenvalue weighted by molar-refractivity contribution is -0.138. The number of hydrogen-bond acceptors (Lipinski definition) is 12. The third-order valence-electron chi connectivity index (χ3n) is 7.61. The molecule has 0 heterocycles. The van der Waals surface area contributed by atoms with E-state index in [0.29, 0.717) is 36.7 Å². The van der Waals surface area contributed by atoms with Crippen molar-refractivity contribution in [2.75, 3.05) is 33.5 Å². The lowest BCUT2D eigenvalue weighted by Crippen LogP contribution is -2.11. The summed E-state index contributed by atoms with van der Waals surface area (Å²) in [7, 11) is 1.39. The summed E-state index contributed by atoms with van der Waals surface area (Å²) in [6.07, 6.45) is 4.87. The number of hydrogen-bond donors (Lipinski definition) is 0. The minimum Gasteiger partial charge on any atom is -0.494 e. The average molecular weight is 737 g/mol. The minimum atomic E-state index is -0.646. The molecule has 0 unspecified atom stereocenters. The first kappa shape index (κ1) is 40.1. The molecule has 0 aliphatic carbocycles. The third-order valence-corrected chi connectivity index (χ3v) is 7.61. The van der Waals surface area contributed by atoms with Gasteiger partial charge in [-0.25, -0.2) is 24.0 Å². The Bertz CT molecular complexity index is 1910. The maximum atomic E-state index is 13.0. The number of methoxy groups -OCH3 is 1. The second-order valence-corrected chi connectivity index (χ2v) is 11.4. The molecular weight excluding hydrogens is 696 g/mol. The van der Waals surface area contributed by atoms with Crippen LogP contribution in [0.1, 0.15) is 56.8 Å². The van der Waals surface area contributed by atoms with Gasteiger partial charge >= 0.3 is 29.8 Å². The standard InChI is InChI=1S/C42H40O12/c1-4-38(43)50-25-8-6-7-24-49-34-19-16-32(17-20-34)41(46)54-36-23-18-33(28-37(36)48-3)42(47)53-35-21-14-30(15-22-35)29-10-12-31(13-11-29)40(45)52-27-9-26-51-39(44)5-2/h4-5,10-23,28H,1-2,6-9,24-27H2,3H3. The summed E-state index contributed by atoms with van der Waals surface area (Å²) >= 11 is 0. The molecule has 54 heavy (non-hydrogen) atoms. The minimum absolute atomic E-state index is 0.102. The summed E-state index contributed by atoms with van der Waals surface area (Å²) in [4.78, 5) is 60.2. The molecule has 0 radical (unpaired) electrons. The van der Waals surface area contributed by atoms with Crippen LogP contribution in [0.4, 0.5) is 0 Å². The molecule has 4 aromatic carbocycles. The Kier molecular flexibility index (Phi) is 15.6. The van der Waals surface area contributed by atoms with Gasteiger partial charge < -0.3 is 33.2 Å². The zero-order valence-electron chi connectivity index (χ0n) is 29.8. The fourth-order valence-corrected chi connectivity index (χ4v) is 4.75. The molecule has 12 nitrogen and oxygen atoms in total. The smallest absolute Gasteiger partial charge is 0.343 e. The topological polar surface area (TPSA) is 150 Å². The molecule has 0 atom stereocenters. The Balaban J connectivity index is 1.24. The molecule has 0 saturated heterocycles. The van der Waals surface area contributed by atoms with E-state index in [4.69, 9.17) is 33.2 Å². The number of esters is 5. The predicted molar refractivity (Wildman–Crippen MR) is 198 cm³/mol. The van der Waals surface area contributed by atoms with E-state index < -0.39 is 29.8 Å². The van der Waals surface area contributed by atoms with Gasteiger partial charge in [0.05, 0.1) is 50.2 Å². The van der Waals surface area contributed by atoms with E-state index in [1.165, 1.54) is 25.3 Å². The molecule has 0 aliphatic heterocycles. The fourth-order valence-electron chi connectivity index (χ4n) is 4.75. The van der Waals surface area contributed by atoms with Gasteiger partial charge in [0.2, 0.25) is 0 Å². The monoisotopic (exact) mass is 736 g/mol. The van der Waals surface area contributed by atoms with Crippen LogP contribution in [0.25, 0.3) is 11.1 Å². The molecule has 0 bridgehead atoms. The van der Waals surface area contributed by atoms with Crippen molar-refractivity contribution in [2.24, 2.45) is 0 Å². The predicted octanol–water partition coefficient (Wildman–Crippen LogP) is 7.36. The molecule has 0 fully saturated rings. The molecule has 0 N–H and O–H groups in total. The molecule has 280 valence electrons. The maximum absolute atomic E-state index is 13.0. The summed E-state index contributed by atoms with van der Waals surface area (Å²) in [5.41, 5.74) is 2.49. The Morgan fingerprint density at radius 3 is 1.63 bits per heavy atom. The van der Waals surface area contributed by atoms with E-state index in [2.05, 4.69) is 13.2 Å². The number of benzene rings is 4. The number of ether oxygens (including phenoxy) is 7. The maximum Gasteiger partial charge on any atom is 0.343 e. The normalized spacial score (nSPS) is 10.3. The van der Waals surface area contributed by atoms with Crippen molar-refractivity contribution in [3.63, 3.8) is 0 Å². The number of unbranched alkanes of at least 4 members (excludes halogenated alkanes) is 2. The first-order chi connectivity index (χ1) is 26.2. The summed E-state index contributed by atoms with van der Waals surface area (Å²) < 4.78 is 37.2. The third kappa shape index (κ3) is 12.5. The van der Waals surface area contributed by atoms with E-state index in [1.54, 1.807) is 72.8 Å². The fraction of sp³-hybridized carbons (Fsp3) is 0.214. The molecule has 4 aromatic rings. The van der Waals surface area contributed by atoms with Crippen LogP contribution >= 0.6 is 0 Å². The van der Waals surface area contributed by atoms with Crippen molar-refractivity contribution < 1.29 is 57.1 Å². The lowest BCUT2D eigenvalue weighted by atomic mass is 10.0. The number of rotatable bonds is 20. The molecular formula is C42H40O12. The van der Waals surface area contributed by atoms with Gasteiger partial charge in [-0.3, -0.25) is 0 Å². The quantitative estimate of drug-likeness (QED) is 0.0293. The second kappa shape index (κ2) is 21.0. The Labute approximate surface area is 312 Å². The van der Waals surface area contributed by atoms with Crippen molar-refractivity contribution in [2.45, 2.75) is 25.7 Å². The molecule has 0 aliphatic rings. The van der Waals surface area contributed by atoms with Crippen molar-refractivity contribution in [1.82, 2.24) is 0 Å². The summed E-state index contributed by atoms with van der Waals surface area (Å²) in [5.74, 6) is -1.56. The number of carbonyl (C=O) groups is 5. The molecule has 0 saturated carbocycles. The summed E-state index contributed by atoms with van der Waals surface area (Å²) in [6, 6.07) is 24.5. The SMILES string of the molecule is C=CC(=O)OCCCCCOc1ccc(C(=O)Oc2ccc(C(=O)Oc3ccc(-c4ccc(C(=O)OCCCOC(=O)C=C)cc4)cc3)cc2OC)cc1. The molecule has 0 spiro atoms. The van der Waals surface area contributed by atoms with Gasteiger partial charge in [-0.2, -0.15) is 0 Å². The molecule has 0 aromatic heterocycles. The Hall–Kier alpha value is -6.69. The van der Waals surface area contributed by atoms with Gasteiger partial charge in [0, 0.05) is 18.6 Å². The summed E-state index contributed by atoms with van der Waals surface area (Å²) in [6.45, 7) is 7.69. The van der Waals surface area contributed by atoms with E-state index >= 15 is 0 Å². The van der Waals surface area contributed by atoms with Crippen LogP contribution in [0.3, 0.4) is 0 Å². The second-order valence-electron chi connectivity index (χ2n) is 11.4. The van der Waals surface area contributed by atoms with Gasteiger partial charge in [-0.15, -0.1) is 0 Å². The first-order valence-electron chi connectivity index (χ1n) is 17.0. The average Bonchev–Trinajstić information content (AvgIpc) is 3.20. The van der Waals surface area contributed by atoms with Crippen molar-refractivity contribution in [3.8, 4) is 34.1 Å². The molecule has 0 amide bonds. The van der Waals surface area contributed by atoms with Gasteiger partial charge in [0.15, 0.2) is 11.5 Å². The largest absolute Gasteiger partial charge is 0.494 e. The highest BCUT2D eigenvalue weighted by molar-refractivity contribution is 5.94. The van der Waals surface area contributed by atoms with E-state index in [-0.39, 0.29) is 35.8 Å². The Morgan fingerprint density at radius 2 is 1.00 bits per heavy atom. The van der Waals surface area contributed by atoms with E-state index in [0.717, 1.165) is 42.5 Å². The van der Waals surface area contributed by atoms with Crippen LogP contribution in [0, 0.1) is 0 Å². The lowest BCUT2D eigenvalue weighted by Gasteiger charge is -2.12. The highest BCUT2D eigenvalue weighted by atomic mass is 16.6. The van der Waals surface area contributed by atoms with Crippen molar-refractivity contribution in [1.29, 1.82) is 0 Å². The van der Waals surface area contributed by atoms with Crippen LogP contribution < -0.4 is 18.9 Å². The molecule has 4 rings (SSSR count). The summed E-state index contributed by atoms with van der Waals surface area (Å²) in [5, 5.41) is 0. The number of carbonyl (C=O) groups excluding carboxylic acids is 5.